The van der Waals surface area contributed by atoms with E-state index in [0.717, 1.165) is 6.41 Å². The zero-order valence-electron chi connectivity index (χ0n) is 7.81. The minimum absolute atomic E-state index is 0.0514. The van der Waals surface area contributed by atoms with Gasteiger partial charge in [-0.2, -0.15) is 4.99 Å². The third-order valence-corrected chi connectivity index (χ3v) is 2.00. The molecule has 78 valence electrons. The summed E-state index contributed by atoms with van der Waals surface area (Å²) in [6.45, 7) is 2.39. The summed E-state index contributed by atoms with van der Waals surface area (Å²) in [4.78, 5) is 17.4. The predicted molar refractivity (Wildman–Crippen MR) is 52.7 cm³/mol. The summed E-state index contributed by atoms with van der Waals surface area (Å²) in [5.74, 6) is -0.0663. The second-order valence-corrected chi connectivity index (χ2v) is 2.99. The molecule has 0 aliphatic carbocycles. The highest BCUT2D eigenvalue weighted by atomic mass is 16.1. The molecule has 1 aliphatic heterocycles. The molecule has 0 aromatic carbocycles. The lowest BCUT2D eigenvalue weighted by Crippen LogP contribution is -2.48. The molecule has 7 nitrogen and oxygen atoms in total. The van der Waals surface area contributed by atoms with E-state index in [1.54, 1.807) is 9.80 Å². The maximum atomic E-state index is 10.4. The number of nitrogens with one attached hydrogen (secondary N) is 1. The van der Waals surface area contributed by atoms with Crippen molar-refractivity contribution in [3.63, 3.8) is 0 Å². The molecule has 1 aliphatic rings. The summed E-state index contributed by atoms with van der Waals surface area (Å²) in [5, 5.41) is 7.51. The molecule has 0 spiro atoms. The molecule has 0 radical (unpaired) electrons. The van der Waals surface area contributed by atoms with Crippen molar-refractivity contribution >= 4 is 18.3 Å². The molecule has 14 heavy (non-hydrogen) atoms. The van der Waals surface area contributed by atoms with Crippen molar-refractivity contribution in [3.8, 4) is 0 Å². The molecule has 1 saturated heterocycles. The van der Waals surface area contributed by atoms with Gasteiger partial charge in [0.05, 0.1) is 0 Å². The number of carbonyl (C=O) groups excluding carboxylic acids is 1. The van der Waals surface area contributed by atoms with Crippen LogP contribution in [-0.4, -0.2) is 54.3 Å². The van der Waals surface area contributed by atoms with Crippen molar-refractivity contribution in [1.82, 2.24) is 9.80 Å². The van der Waals surface area contributed by atoms with Gasteiger partial charge in [0.2, 0.25) is 12.4 Å². The minimum Gasteiger partial charge on any atom is -0.370 e. The molecule has 0 saturated carbocycles. The van der Waals surface area contributed by atoms with Crippen LogP contribution < -0.4 is 11.5 Å². The average Bonchev–Trinajstić information content (AvgIpc) is 2.17. The molecule has 5 N–H and O–H groups in total. The van der Waals surface area contributed by atoms with Crippen LogP contribution in [0.4, 0.5) is 0 Å². The average molecular weight is 198 g/mol. The molecule has 7 heteroatoms. The normalized spacial score (nSPS) is 16.3. The third kappa shape index (κ3) is 2.61. The molecule has 0 aromatic heterocycles. The summed E-state index contributed by atoms with van der Waals surface area (Å²) in [5.41, 5.74) is 10.3. The van der Waals surface area contributed by atoms with Crippen molar-refractivity contribution in [3.05, 3.63) is 0 Å². The van der Waals surface area contributed by atoms with E-state index in [2.05, 4.69) is 4.99 Å². The van der Waals surface area contributed by atoms with Gasteiger partial charge in [0.1, 0.15) is 0 Å². The van der Waals surface area contributed by atoms with Crippen LogP contribution in [0.1, 0.15) is 0 Å². The van der Waals surface area contributed by atoms with Crippen molar-refractivity contribution in [2.75, 3.05) is 26.2 Å². The van der Waals surface area contributed by atoms with E-state index in [9.17, 15) is 4.79 Å². The van der Waals surface area contributed by atoms with E-state index in [4.69, 9.17) is 16.9 Å². The Bertz CT molecular complexity index is 251. The van der Waals surface area contributed by atoms with Gasteiger partial charge in [0, 0.05) is 26.2 Å². The summed E-state index contributed by atoms with van der Waals surface area (Å²) in [7, 11) is 0. The van der Waals surface area contributed by atoms with Crippen molar-refractivity contribution in [2.24, 2.45) is 16.5 Å². The molecular weight excluding hydrogens is 184 g/mol. The Labute approximate surface area is 81.9 Å². The van der Waals surface area contributed by atoms with Crippen LogP contribution in [0.3, 0.4) is 0 Å². The van der Waals surface area contributed by atoms with Crippen LogP contribution in [0.5, 0.6) is 0 Å². The van der Waals surface area contributed by atoms with Crippen LogP contribution >= 0.6 is 0 Å². The Balaban J connectivity index is 2.45. The van der Waals surface area contributed by atoms with Crippen molar-refractivity contribution in [2.45, 2.75) is 0 Å². The van der Waals surface area contributed by atoms with E-state index < -0.39 is 0 Å². The van der Waals surface area contributed by atoms with E-state index >= 15 is 0 Å². The number of aliphatic imine (C=N–C) groups is 1. The maximum Gasteiger partial charge on any atom is 0.221 e. The SMILES string of the molecule is N=C(N=C(N)N)N1CCN(C=O)CC1. The van der Waals surface area contributed by atoms with Gasteiger partial charge in [0.25, 0.3) is 0 Å². The van der Waals surface area contributed by atoms with E-state index in [-0.39, 0.29) is 11.9 Å². The highest BCUT2D eigenvalue weighted by Crippen LogP contribution is 2.00. The number of nitrogens with zero attached hydrogens (tertiary/aromatic N) is 3. The monoisotopic (exact) mass is 198 g/mol. The van der Waals surface area contributed by atoms with E-state index in [1.165, 1.54) is 0 Å². The maximum absolute atomic E-state index is 10.4. The summed E-state index contributed by atoms with van der Waals surface area (Å²) in [6, 6.07) is 0. The fourth-order valence-electron chi connectivity index (χ4n) is 1.23. The van der Waals surface area contributed by atoms with E-state index in [1.807, 2.05) is 0 Å². The first-order valence-corrected chi connectivity index (χ1v) is 4.26. The van der Waals surface area contributed by atoms with Gasteiger partial charge in [-0.1, -0.05) is 0 Å². The minimum atomic E-state index is -0.118. The Morgan fingerprint density at radius 1 is 1.29 bits per heavy atom. The number of hydrogen-bond donors (Lipinski definition) is 3. The zero-order valence-corrected chi connectivity index (χ0v) is 7.81. The molecule has 0 unspecified atom stereocenters. The first kappa shape index (κ1) is 10.3. The van der Waals surface area contributed by atoms with Gasteiger partial charge < -0.3 is 21.3 Å². The van der Waals surface area contributed by atoms with Gasteiger partial charge in [-0.15, -0.1) is 0 Å². The number of piperazine rings is 1. The smallest absolute Gasteiger partial charge is 0.221 e. The number of amides is 1. The van der Waals surface area contributed by atoms with Gasteiger partial charge in [-0.3, -0.25) is 10.2 Å². The molecule has 1 amide bonds. The van der Waals surface area contributed by atoms with E-state index in [0.29, 0.717) is 26.2 Å². The fourth-order valence-corrected chi connectivity index (χ4v) is 1.23. The summed E-state index contributed by atoms with van der Waals surface area (Å²) in [6.07, 6.45) is 0.807. The topological polar surface area (TPSA) is 112 Å². The second kappa shape index (κ2) is 4.45. The third-order valence-electron chi connectivity index (χ3n) is 2.00. The fraction of sp³-hybridized carbons (Fsp3) is 0.571. The number of carbonyl (C=O) groups is 1. The number of nitrogens with two attached hydrogens (primary N) is 2. The summed E-state index contributed by atoms with van der Waals surface area (Å²) < 4.78 is 0. The van der Waals surface area contributed by atoms with Crippen LogP contribution in [0.15, 0.2) is 4.99 Å². The first-order valence-electron chi connectivity index (χ1n) is 4.26. The number of hydrogen-bond acceptors (Lipinski definition) is 2. The van der Waals surface area contributed by atoms with Gasteiger partial charge in [-0.05, 0) is 0 Å². The Hall–Kier alpha value is -1.79. The Morgan fingerprint density at radius 3 is 2.29 bits per heavy atom. The zero-order chi connectivity index (χ0) is 10.6. The highest BCUT2D eigenvalue weighted by molar-refractivity contribution is 5.91. The van der Waals surface area contributed by atoms with Gasteiger partial charge >= 0.3 is 0 Å². The van der Waals surface area contributed by atoms with Crippen molar-refractivity contribution in [1.29, 1.82) is 5.41 Å². The standard InChI is InChI=1S/C7H14N6O/c8-6(9)11-7(10)13-3-1-12(5-14)2-4-13/h5H,1-4H2,(H5,8,9,10,11). The predicted octanol–water partition coefficient (Wildman–Crippen LogP) is -2.03. The molecular formula is C7H14N6O. The van der Waals surface area contributed by atoms with Gasteiger partial charge in [0.15, 0.2) is 5.96 Å². The number of rotatable bonds is 1. The van der Waals surface area contributed by atoms with Gasteiger partial charge in [-0.25, -0.2) is 0 Å². The Morgan fingerprint density at radius 2 is 1.86 bits per heavy atom. The molecule has 1 rings (SSSR count). The first-order chi connectivity index (χ1) is 6.63. The number of guanidine groups is 2. The molecule has 0 bridgehead atoms. The van der Waals surface area contributed by atoms with Crippen LogP contribution in [0, 0.1) is 5.41 Å². The lowest BCUT2D eigenvalue weighted by Gasteiger charge is -2.32. The lowest BCUT2D eigenvalue weighted by molar-refractivity contribution is -0.119. The largest absolute Gasteiger partial charge is 0.370 e. The second-order valence-electron chi connectivity index (χ2n) is 2.99. The quantitative estimate of drug-likeness (QED) is 0.256. The van der Waals surface area contributed by atoms with Crippen molar-refractivity contribution < 1.29 is 4.79 Å². The summed E-state index contributed by atoms with van der Waals surface area (Å²) >= 11 is 0. The van der Waals surface area contributed by atoms with Crippen LogP contribution in [-0.2, 0) is 4.79 Å². The Kier molecular flexibility index (Phi) is 3.27. The highest BCUT2D eigenvalue weighted by Gasteiger charge is 2.17. The molecule has 0 aromatic rings. The molecule has 1 fully saturated rings. The van der Waals surface area contributed by atoms with Crippen LogP contribution in [0.25, 0.3) is 0 Å². The molecule has 0 atom stereocenters. The molecule has 1 heterocycles. The lowest BCUT2D eigenvalue weighted by atomic mass is 10.3. The van der Waals surface area contributed by atoms with Crippen LogP contribution in [0.2, 0.25) is 0 Å².